The van der Waals surface area contributed by atoms with E-state index >= 15 is 0 Å². The van der Waals surface area contributed by atoms with Gasteiger partial charge in [-0.25, -0.2) is 0 Å². The van der Waals surface area contributed by atoms with E-state index in [1.165, 1.54) is 58.4 Å². The number of carbonyl (C=O) groups is 2. The van der Waals surface area contributed by atoms with Gasteiger partial charge in [0, 0.05) is 101 Å². The van der Waals surface area contributed by atoms with Gasteiger partial charge in [-0.1, -0.05) is 63.0 Å². The second-order valence-corrected chi connectivity index (χ2v) is 20.3. The number of phenols is 1. The van der Waals surface area contributed by atoms with Crippen LogP contribution < -0.4 is 20.4 Å². The molecule has 9 rings (SSSR count). The fourth-order valence-corrected chi connectivity index (χ4v) is 11.7. The molecule has 7 heterocycles. The Hall–Kier alpha value is -5.57. The SMILES string of the molecule is C#Cc1ccc([C@H](C)NC2CC(O)CN2C(=O)C(c2cc(N3CCC(N4CCC(N5CCC(CN6CCN(c7cc(-c8ccccc8O)nnc7NC)CC6)CC5)CC4)CC3)no2)C(C)C)cc1.C=O.CC. The number of carbonyl (C=O) groups excluding carboxylic acids is 2. The Balaban J connectivity index is 0.00000186. The maximum absolute atomic E-state index is 14.3. The minimum Gasteiger partial charge on any atom is -0.507 e. The molecule has 5 aliphatic heterocycles. The third-order valence-electron chi connectivity index (χ3n) is 15.7. The van der Waals surface area contributed by atoms with Crippen molar-refractivity contribution in [2.75, 3.05) is 101 Å². The topological polar surface area (TPSA) is 170 Å². The highest BCUT2D eigenvalue weighted by molar-refractivity contribution is 5.84. The smallest absolute Gasteiger partial charge is 0.235 e. The first kappa shape index (κ1) is 54.2. The van der Waals surface area contributed by atoms with Crippen molar-refractivity contribution in [2.45, 2.75) is 116 Å². The molecule has 5 saturated heterocycles. The molecule has 2 aromatic carbocycles. The molecule has 0 saturated carbocycles. The number of para-hydroxylation sites is 1. The number of nitrogens with zero attached hydrogens (tertiary/aromatic N) is 9. The summed E-state index contributed by atoms with van der Waals surface area (Å²) in [4.78, 5) is 37.0. The van der Waals surface area contributed by atoms with E-state index in [0.717, 1.165) is 86.5 Å². The van der Waals surface area contributed by atoms with E-state index in [9.17, 15) is 15.0 Å². The van der Waals surface area contributed by atoms with Crippen LogP contribution in [0.4, 0.5) is 17.3 Å². The van der Waals surface area contributed by atoms with E-state index < -0.39 is 12.0 Å². The summed E-state index contributed by atoms with van der Waals surface area (Å²) in [6, 6.07) is 20.5. The molecule has 1 amide bonds. The maximum Gasteiger partial charge on any atom is 0.235 e. The molecule has 16 nitrogen and oxygen atoms in total. The van der Waals surface area contributed by atoms with Crippen LogP contribution in [-0.4, -0.2) is 168 Å². The Morgan fingerprint density at radius 1 is 0.833 bits per heavy atom. The van der Waals surface area contributed by atoms with Crippen LogP contribution in [0, 0.1) is 24.2 Å². The number of phenolic OH excluding ortho intramolecular Hbond substituents is 1. The number of β-amino-alcohol motifs (C(OH)–C–C–N with tert-alkyl or cyclic N) is 1. The molecule has 0 radical (unpaired) electrons. The third kappa shape index (κ3) is 13.0. The molecule has 0 aliphatic carbocycles. The Labute approximate surface area is 428 Å². The van der Waals surface area contributed by atoms with Gasteiger partial charge in [0.25, 0.3) is 0 Å². The summed E-state index contributed by atoms with van der Waals surface area (Å²) >= 11 is 0. The molecular weight excluding hydrogens is 907 g/mol. The average Bonchev–Trinajstić information content (AvgIpc) is 4.06. The van der Waals surface area contributed by atoms with Gasteiger partial charge < -0.3 is 49.3 Å². The summed E-state index contributed by atoms with van der Waals surface area (Å²) in [5.41, 5.74) is 4.32. The molecule has 4 aromatic rings. The van der Waals surface area contributed by atoms with Gasteiger partial charge in [0.2, 0.25) is 5.91 Å². The number of hydrogen-bond donors (Lipinski definition) is 4. The van der Waals surface area contributed by atoms with Gasteiger partial charge in [0.05, 0.1) is 23.7 Å². The highest BCUT2D eigenvalue weighted by atomic mass is 16.5. The molecule has 72 heavy (non-hydrogen) atoms. The number of piperidine rings is 3. The van der Waals surface area contributed by atoms with Crippen LogP contribution >= 0.6 is 0 Å². The van der Waals surface area contributed by atoms with Crippen molar-refractivity contribution in [3.63, 3.8) is 0 Å². The standard InChI is InChI=1S/C53H73N11O4.C2H6.CH2O/c1-6-38-11-13-40(14-12-38)37(4)55-49-31-43(65)35-64(49)53(67)51(36(2)3)48-33-50(58-68-48)63-25-19-42(20-26-63)61-23-17-41(18-24-61)60-21-15-39(16-22-60)34-59-27-29-62(30-28-59)46-32-45(56-57-52(46)54-5)44-9-7-8-10-47(44)66;2*1-2/h1,7-14,32-33,36-37,39,41-43,49,51,55,65-66H,15-31,34-35H2,2-5H3,(H,54,57);1-2H3;1H2/t37-,43?,49?,51?;;/m0../s1. The van der Waals surface area contributed by atoms with E-state index in [2.05, 4.69) is 83.2 Å². The van der Waals surface area contributed by atoms with Crippen molar-refractivity contribution in [3.05, 3.63) is 77.6 Å². The van der Waals surface area contributed by atoms with Gasteiger partial charge in [-0.2, -0.15) is 0 Å². The third-order valence-corrected chi connectivity index (χ3v) is 15.7. The number of nitrogens with one attached hydrogen (secondary N) is 2. The van der Waals surface area contributed by atoms with Crippen molar-refractivity contribution < 1.29 is 24.3 Å². The first-order valence-electron chi connectivity index (χ1n) is 26.7. The van der Waals surface area contributed by atoms with Crippen molar-refractivity contribution in [2.24, 2.45) is 11.8 Å². The molecule has 390 valence electrons. The monoisotopic (exact) mass is 988 g/mol. The Morgan fingerprint density at radius 3 is 2.07 bits per heavy atom. The largest absolute Gasteiger partial charge is 0.507 e. The minimum absolute atomic E-state index is 0.0130. The number of aliphatic hydroxyl groups excluding tert-OH is 1. The number of aliphatic hydroxyl groups is 1. The quantitative estimate of drug-likeness (QED) is 0.0987. The number of benzene rings is 2. The summed E-state index contributed by atoms with van der Waals surface area (Å²) in [6.07, 6.45) is 12.4. The molecule has 0 bridgehead atoms. The number of aromatic hydroxyl groups is 1. The number of terminal acetylenes is 1. The highest BCUT2D eigenvalue weighted by Gasteiger charge is 2.41. The van der Waals surface area contributed by atoms with Gasteiger partial charge in [0.1, 0.15) is 18.5 Å². The van der Waals surface area contributed by atoms with E-state index in [1.54, 1.807) is 11.0 Å². The number of piperazine rings is 1. The van der Waals surface area contributed by atoms with Gasteiger partial charge >= 0.3 is 0 Å². The van der Waals surface area contributed by atoms with Gasteiger partial charge in [-0.15, -0.1) is 16.6 Å². The zero-order chi connectivity index (χ0) is 51.3. The predicted octanol–water partition coefficient (Wildman–Crippen LogP) is 6.68. The molecule has 0 spiro atoms. The van der Waals surface area contributed by atoms with Gasteiger partial charge in [0.15, 0.2) is 17.4 Å². The Bertz CT molecular complexity index is 2340. The number of rotatable bonds is 14. The van der Waals surface area contributed by atoms with E-state index in [0.29, 0.717) is 35.5 Å². The van der Waals surface area contributed by atoms with Crippen molar-refractivity contribution in [1.82, 2.24) is 40.3 Å². The predicted molar refractivity (Wildman–Crippen MR) is 286 cm³/mol. The van der Waals surface area contributed by atoms with Crippen molar-refractivity contribution >= 4 is 30.0 Å². The highest BCUT2D eigenvalue weighted by Crippen LogP contribution is 2.36. The van der Waals surface area contributed by atoms with E-state index in [-0.39, 0.29) is 36.3 Å². The number of likely N-dealkylation sites (tertiary alicyclic amines) is 3. The van der Waals surface area contributed by atoms with Crippen LogP contribution in [0.15, 0.2) is 65.2 Å². The molecule has 3 unspecified atom stereocenters. The maximum atomic E-state index is 14.3. The molecular formula is C56H81N11O5. The zero-order valence-electron chi connectivity index (χ0n) is 43.8. The fraction of sp³-hybridized carbons (Fsp3) is 0.589. The number of aromatic nitrogens is 3. The second kappa shape index (κ2) is 25.9. The number of hydrogen-bond acceptors (Lipinski definition) is 15. The summed E-state index contributed by atoms with van der Waals surface area (Å²) in [5, 5.41) is 41.4. The lowest BCUT2D eigenvalue weighted by molar-refractivity contribution is -0.136. The normalized spacial score (nSPS) is 21.8. The summed E-state index contributed by atoms with van der Waals surface area (Å²) in [5.74, 6) is 5.24. The average molecular weight is 988 g/mol. The molecule has 5 fully saturated rings. The number of amides is 1. The fourth-order valence-electron chi connectivity index (χ4n) is 11.7. The number of anilines is 3. The van der Waals surface area contributed by atoms with E-state index in [1.807, 2.05) is 76.2 Å². The van der Waals surface area contributed by atoms with Crippen LogP contribution in [0.3, 0.4) is 0 Å². The first-order chi connectivity index (χ1) is 35.0. The van der Waals surface area contributed by atoms with Gasteiger partial charge in [-0.05, 0) is 119 Å². The minimum atomic E-state index is -0.597. The van der Waals surface area contributed by atoms with Crippen molar-refractivity contribution in [3.8, 4) is 29.4 Å². The molecule has 2 aromatic heterocycles. The van der Waals surface area contributed by atoms with Crippen LogP contribution in [0.25, 0.3) is 11.3 Å². The van der Waals surface area contributed by atoms with Crippen molar-refractivity contribution in [1.29, 1.82) is 0 Å². The Kier molecular flexibility index (Phi) is 19.5. The van der Waals surface area contributed by atoms with Crippen LogP contribution in [0.2, 0.25) is 0 Å². The second-order valence-electron chi connectivity index (χ2n) is 20.3. The lowest BCUT2D eigenvalue weighted by Crippen LogP contribution is -2.53. The Morgan fingerprint density at radius 2 is 1.46 bits per heavy atom. The van der Waals surface area contributed by atoms with Crippen LogP contribution in [0.1, 0.15) is 108 Å². The molecule has 16 heteroatoms. The zero-order valence-corrected chi connectivity index (χ0v) is 43.8. The first-order valence-corrected chi connectivity index (χ1v) is 26.7. The summed E-state index contributed by atoms with van der Waals surface area (Å²) < 4.78 is 5.99. The van der Waals surface area contributed by atoms with Crippen LogP contribution in [0.5, 0.6) is 5.75 Å². The molecule has 4 N–H and O–H groups in total. The van der Waals surface area contributed by atoms with Gasteiger partial charge in [-0.3, -0.25) is 15.0 Å². The lowest BCUT2D eigenvalue weighted by Gasteiger charge is -2.46. The van der Waals surface area contributed by atoms with E-state index in [4.69, 9.17) is 15.7 Å². The molecule has 5 aliphatic rings. The lowest BCUT2D eigenvalue weighted by atomic mass is 9.91. The van der Waals surface area contributed by atoms with Crippen LogP contribution in [-0.2, 0) is 9.59 Å². The summed E-state index contributed by atoms with van der Waals surface area (Å²) in [7, 11) is 1.89. The molecule has 4 atom stereocenters. The summed E-state index contributed by atoms with van der Waals surface area (Å²) in [6.45, 7) is 24.2.